The fourth-order valence-corrected chi connectivity index (χ4v) is 2.89. The second-order valence-corrected chi connectivity index (χ2v) is 5.96. The van der Waals surface area contributed by atoms with Crippen molar-refractivity contribution < 1.29 is 8.42 Å². The maximum absolute atomic E-state index is 11.6. The van der Waals surface area contributed by atoms with E-state index in [9.17, 15) is 8.42 Å². The molecule has 0 aliphatic heterocycles. The van der Waals surface area contributed by atoms with Crippen molar-refractivity contribution in [2.24, 2.45) is 0 Å². The van der Waals surface area contributed by atoms with Crippen LogP contribution in [-0.2, 0) is 10.0 Å². The highest BCUT2D eigenvalue weighted by atomic mass is 35.5. The van der Waals surface area contributed by atoms with Crippen molar-refractivity contribution in [1.82, 2.24) is 4.98 Å². The number of aryl methyl sites for hydroxylation is 1. The van der Waals surface area contributed by atoms with Gasteiger partial charge in [0.25, 0.3) is 0 Å². The predicted octanol–water partition coefficient (Wildman–Crippen LogP) is 1.95. The lowest BCUT2D eigenvalue weighted by molar-refractivity contribution is 0.600. The van der Waals surface area contributed by atoms with Gasteiger partial charge in [0.2, 0.25) is 10.0 Å². The number of anilines is 1. The summed E-state index contributed by atoms with van der Waals surface area (Å²) in [6.07, 6.45) is 1.49. The normalized spacial score (nSPS) is 16.4. The molecule has 1 fully saturated rings. The Balaban J connectivity index is 2.24. The molecule has 0 saturated heterocycles. The SMILES string of the molecule is Cc1nc(Cl)ccc1NS(=O)(=O)C1CC1. The summed E-state index contributed by atoms with van der Waals surface area (Å²) in [5.74, 6) is 0. The van der Waals surface area contributed by atoms with Gasteiger partial charge in [-0.3, -0.25) is 4.72 Å². The van der Waals surface area contributed by atoms with E-state index in [-0.39, 0.29) is 5.25 Å². The molecule has 2 rings (SSSR count). The molecule has 0 radical (unpaired) electrons. The molecule has 0 amide bonds. The molecule has 1 aliphatic carbocycles. The molecule has 0 unspecified atom stereocenters. The molecule has 1 aliphatic rings. The highest BCUT2D eigenvalue weighted by Gasteiger charge is 2.35. The zero-order chi connectivity index (χ0) is 11.1. The molecular formula is C9H11ClN2O2S. The molecule has 0 atom stereocenters. The Labute approximate surface area is 93.7 Å². The Hall–Kier alpha value is -0.810. The van der Waals surface area contributed by atoms with Crippen molar-refractivity contribution in [3.8, 4) is 0 Å². The lowest BCUT2D eigenvalue weighted by Crippen LogP contribution is -2.18. The minimum Gasteiger partial charge on any atom is -0.281 e. The number of pyridine rings is 1. The van der Waals surface area contributed by atoms with Crippen molar-refractivity contribution in [2.45, 2.75) is 25.0 Å². The van der Waals surface area contributed by atoms with Crippen LogP contribution in [0.15, 0.2) is 12.1 Å². The van der Waals surface area contributed by atoms with Crippen LogP contribution in [0, 0.1) is 6.92 Å². The van der Waals surface area contributed by atoms with Crippen LogP contribution >= 0.6 is 11.6 Å². The van der Waals surface area contributed by atoms with Crippen LogP contribution in [0.3, 0.4) is 0 Å². The maximum atomic E-state index is 11.6. The highest BCUT2D eigenvalue weighted by Crippen LogP contribution is 2.30. The van der Waals surface area contributed by atoms with Crippen LogP contribution in [0.1, 0.15) is 18.5 Å². The fourth-order valence-electron chi connectivity index (χ4n) is 1.25. The largest absolute Gasteiger partial charge is 0.281 e. The van der Waals surface area contributed by atoms with Gasteiger partial charge in [0.1, 0.15) is 5.15 Å². The number of aromatic nitrogens is 1. The summed E-state index contributed by atoms with van der Waals surface area (Å²) >= 11 is 5.67. The molecule has 1 heterocycles. The highest BCUT2D eigenvalue weighted by molar-refractivity contribution is 7.93. The number of sulfonamides is 1. The van der Waals surface area contributed by atoms with E-state index in [0.717, 1.165) is 12.8 Å². The molecule has 15 heavy (non-hydrogen) atoms. The number of halogens is 1. The number of nitrogens with zero attached hydrogens (tertiary/aromatic N) is 1. The van der Waals surface area contributed by atoms with E-state index in [1.54, 1.807) is 19.1 Å². The average Bonchev–Trinajstić information content (AvgIpc) is 2.92. The third-order valence-corrected chi connectivity index (χ3v) is 4.33. The van der Waals surface area contributed by atoms with Gasteiger partial charge in [-0.2, -0.15) is 0 Å². The van der Waals surface area contributed by atoms with E-state index in [2.05, 4.69) is 9.71 Å². The molecule has 1 aromatic heterocycles. The van der Waals surface area contributed by atoms with Gasteiger partial charge in [0.15, 0.2) is 0 Å². The van der Waals surface area contributed by atoms with Crippen molar-refractivity contribution in [1.29, 1.82) is 0 Å². The molecule has 82 valence electrons. The first-order valence-electron chi connectivity index (χ1n) is 4.64. The number of hydrogen-bond acceptors (Lipinski definition) is 3. The first-order chi connectivity index (χ1) is 6.99. The van der Waals surface area contributed by atoms with Gasteiger partial charge in [-0.1, -0.05) is 11.6 Å². The summed E-state index contributed by atoms with van der Waals surface area (Å²) in [5, 5.41) is 0.134. The van der Waals surface area contributed by atoms with Gasteiger partial charge in [-0.15, -0.1) is 0 Å². The molecule has 1 N–H and O–H groups in total. The second kappa shape index (κ2) is 3.64. The minimum absolute atomic E-state index is 0.229. The van der Waals surface area contributed by atoms with Crippen molar-refractivity contribution in [3.05, 3.63) is 23.0 Å². The van der Waals surface area contributed by atoms with Crippen LogP contribution in [-0.4, -0.2) is 18.7 Å². The summed E-state index contributed by atoms with van der Waals surface area (Å²) in [5.41, 5.74) is 1.10. The average molecular weight is 247 g/mol. The van der Waals surface area contributed by atoms with Gasteiger partial charge in [0, 0.05) is 0 Å². The third-order valence-electron chi connectivity index (χ3n) is 2.27. The summed E-state index contributed by atoms with van der Waals surface area (Å²) in [6, 6.07) is 3.20. The lowest BCUT2D eigenvalue weighted by atomic mass is 10.3. The fraction of sp³-hybridized carbons (Fsp3) is 0.444. The molecule has 4 nitrogen and oxygen atoms in total. The standard InChI is InChI=1S/C9H11ClN2O2S/c1-6-8(4-5-9(10)11-6)12-15(13,14)7-2-3-7/h4-5,7,12H,2-3H2,1H3. The van der Waals surface area contributed by atoms with Crippen molar-refractivity contribution in [3.63, 3.8) is 0 Å². The third kappa shape index (κ3) is 2.41. The Morgan fingerprint density at radius 1 is 1.47 bits per heavy atom. The summed E-state index contributed by atoms with van der Waals surface area (Å²) < 4.78 is 25.8. The summed E-state index contributed by atoms with van der Waals surface area (Å²) in [6.45, 7) is 1.72. The molecule has 0 bridgehead atoms. The van der Waals surface area contributed by atoms with Crippen LogP contribution in [0.2, 0.25) is 5.15 Å². The summed E-state index contributed by atoms with van der Waals surface area (Å²) in [7, 11) is -3.21. The van der Waals surface area contributed by atoms with E-state index >= 15 is 0 Å². The zero-order valence-electron chi connectivity index (χ0n) is 8.20. The van der Waals surface area contributed by atoms with E-state index in [1.807, 2.05) is 0 Å². The topological polar surface area (TPSA) is 59.1 Å². The smallest absolute Gasteiger partial charge is 0.235 e. The van der Waals surface area contributed by atoms with E-state index in [1.165, 1.54) is 0 Å². The molecular weight excluding hydrogens is 236 g/mol. The van der Waals surface area contributed by atoms with E-state index in [0.29, 0.717) is 16.5 Å². The minimum atomic E-state index is -3.21. The summed E-state index contributed by atoms with van der Waals surface area (Å²) in [4.78, 5) is 3.98. The van der Waals surface area contributed by atoms with E-state index < -0.39 is 10.0 Å². The number of hydrogen-bond donors (Lipinski definition) is 1. The van der Waals surface area contributed by atoms with Crippen LogP contribution in [0.4, 0.5) is 5.69 Å². The van der Waals surface area contributed by atoms with Gasteiger partial charge in [-0.05, 0) is 31.9 Å². The van der Waals surface area contributed by atoms with Crippen LogP contribution < -0.4 is 4.72 Å². The Bertz CT molecular complexity index is 483. The van der Waals surface area contributed by atoms with Gasteiger partial charge < -0.3 is 0 Å². The van der Waals surface area contributed by atoms with Crippen molar-refractivity contribution >= 4 is 27.3 Å². The molecule has 0 spiro atoms. The van der Waals surface area contributed by atoms with Gasteiger partial charge in [-0.25, -0.2) is 13.4 Å². The first-order valence-corrected chi connectivity index (χ1v) is 6.56. The zero-order valence-corrected chi connectivity index (χ0v) is 9.77. The Kier molecular flexibility index (Phi) is 2.60. The number of nitrogens with one attached hydrogen (secondary N) is 1. The van der Waals surface area contributed by atoms with E-state index in [4.69, 9.17) is 11.6 Å². The monoisotopic (exact) mass is 246 g/mol. The Morgan fingerprint density at radius 3 is 2.67 bits per heavy atom. The Morgan fingerprint density at radius 2 is 2.13 bits per heavy atom. The maximum Gasteiger partial charge on any atom is 0.235 e. The predicted molar refractivity (Wildman–Crippen MR) is 59.5 cm³/mol. The first kappa shape index (κ1) is 10.7. The van der Waals surface area contributed by atoms with Crippen LogP contribution in [0.5, 0.6) is 0 Å². The molecule has 6 heteroatoms. The molecule has 1 saturated carbocycles. The van der Waals surface area contributed by atoms with Gasteiger partial charge in [0.05, 0.1) is 16.6 Å². The lowest BCUT2D eigenvalue weighted by Gasteiger charge is -2.08. The van der Waals surface area contributed by atoms with Gasteiger partial charge >= 0.3 is 0 Å². The molecule has 0 aromatic carbocycles. The molecule has 1 aromatic rings. The van der Waals surface area contributed by atoms with Crippen LogP contribution in [0.25, 0.3) is 0 Å². The quantitative estimate of drug-likeness (QED) is 0.830. The van der Waals surface area contributed by atoms with Crippen molar-refractivity contribution in [2.75, 3.05) is 4.72 Å². The number of rotatable bonds is 3. The second-order valence-electron chi connectivity index (χ2n) is 3.61.